The first-order valence-electron chi connectivity index (χ1n) is 8.57. The highest BCUT2D eigenvalue weighted by Crippen LogP contribution is 2.32. The van der Waals surface area contributed by atoms with E-state index in [0.717, 1.165) is 29.4 Å². The molecule has 0 radical (unpaired) electrons. The van der Waals surface area contributed by atoms with E-state index in [4.69, 9.17) is 4.42 Å². The third-order valence-corrected chi connectivity index (χ3v) is 4.77. The second kappa shape index (κ2) is 6.20. The number of benzene rings is 2. The highest BCUT2D eigenvalue weighted by molar-refractivity contribution is 6.07. The molecule has 2 heterocycles. The van der Waals surface area contributed by atoms with E-state index in [2.05, 4.69) is 0 Å². The zero-order valence-electron chi connectivity index (χ0n) is 14.1. The summed E-state index contributed by atoms with van der Waals surface area (Å²) in [6.45, 7) is 3.44. The minimum Gasteiger partial charge on any atom is -0.416 e. The molecule has 0 saturated carbocycles. The Hall–Kier alpha value is -2.88. The molecule has 1 aliphatic heterocycles. The molecular formula is C21H19NO3. The number of hydrogen-bond donors (Lipinski definition) is 0. The molecule has 1 aromatic heterocycles. The van der Waals surface area contributed by atoms with Crippen LogP contribution in [0.25, 0.3) is 21.9 Å². The largest absolute Gasteiger partial charge is 0.416 e. The van der Waals surface area contributed by atoms with Crippen LogP contribution >= 0.6 is 0 Å². The molecule has 0 atom stereocenters. The summed E-state index contributed by atoms with van der Waals surface area (Å²) in [6, 6.07) is 15.2. The van der Waals surface area contributed by atoms with Crippen LogP contribution in [0.5, 0.6) is 0 Å². The monoisotopic (exact) mass is 333 g/mol. The van der Waals surface area contributed by atoms with Crippen LogP contribution in [0.1, 0.15) is 29.0 Å². The minimum absolute atomic E-state index is 0.148. The Bertz CT molecular complexity index is 996. The van der Waals surface area contributed by atoms with Gasteiger partial charge in [0.25, 0.3) is 5.91 Å². The van der Waals surface area contributed by atoms with E-state index in [1.54, 1.807) is 17.0 Å². The van der Waals surface area contributed by atoms with Gasteiger partial charge in [-0.2, -0.15) is 0 Å². The maximum absolute atomic E-state index is 13.0. The Balaban J connectivity index is 2.00. The van der Waals surface area contributed by atoms with Gasteiger partial charge in [0.15, 0.2) is 0 Å². The second-order valence-electron chi connectivity index (χ2n) is 6.50. The van der Waals surface area contributed by atoms with Crippen molar-refractivity contribution >= 4 is 16.7 Å². The summed E-state index contributed by atoms with van der Waals surface area (Å²) in [6.07, 6.45) is 1.98. The number of amides is 1. The molecule has 1 amide bonds. The van der Waals surface area contributed by atoms with Gasteiger partial charge in [0.05, 0.1) is 5.39 Å². The van der Waals surface area contributed by atoms with Gasteiger partial charge in [0.1, 0.15) is 0 Å². The molecule has 25 heavy (non-hydrogen) atoms. The molecule has 4 nitrogen and oxygen atoms in total. The minimum atomic E-state index is -0.464. The van der Waals surface area contributed by atoms with E-state index in [1.165, 1.54) is 0 Å². The highest BCUT2D eigenvalue weighted by Gasteiger charge is 2.27. The standard InChI is InChI=1S/C21H19NO3/c1-14-8-10-15(11-9-14)18-16-6-2-3-7-17(16)21(24)25-19(18)20(23)22-12-4-5-13-22/h2-3,6-11H,4-5,12-13H2,1H3. The molecule has 2 aromatic carbocycles. The lowest BCUT2D eigenvalue weighted by Crippen LogP contribution is -2.29. The molecule has 0 spiro atoms. The number of aryl methyl sites for hydroxylation is 1. The molecule has 0 N–H and O–H groups in total. The summed E-state index contributed by atoms with van der Waals surface area (Å²) in [5.74, 6) is -0.0506. The quantitative estimate of drug-likeness (QED) is 0.712. The first-order chi connectivity index (χ1) is 12.1. The summed E-state index contributed by atoms with van der Waals surface area (Å²) in [5.41, 5.74) is 2.26. The van der Waals surface area contributed by atoms with Crippen LogP contribution in [0, 0.1) is 6.92 Å². The first kappa shape index (κ1) is 15.6. The third-order valence-electron chi connectivity index (χ3n) is 4.77. The van der Waals surface area contributed by atoms with Gasteiger partial charge < -0.3 is 9.32 Å². The smallest absolute Gasteiger partial charge is 0.344 e. The summed E-state index contributed by atoms with van der Waals surface area (Å²) in [4.78, 5) is 27.2. The van der Waals surface area contributed by atoms with Crippen molar-refractivity contribution in [1.29, 1.82) is 0 Å². The first-order valence-corrected chi connectivity index (χ1v) is 8.57. The molecular weight excluding hydrogens is 314 g/mol. The fourth-order valence-electron chi connectivity index (χ4n) is 3.42. The van der Waals surface area contributed by atoms with E-state index < -0.39 is 5.63 Å². The zero-order valence-corrected chi connectivity index (χ0v) is 14.1. The second-order valence-corrected chi connectivity index (χ2v) is 6.50. The van der Waals surface area contributed by atoms with Crippen molar-refractivity contribution in [2.45, 2.75) is 19.8 Å². The summed E-state index contributed by atoms with van der Waals surface area (Å²) in [7, 11) is 0. The van der Waals surface area contributed by atoms with E-state index >= 15 is 0 Å². The number of hydrogen-bond acceptors (Lipinski definition) is 3. The number of carbonyl (C=O) groups excluding carboxylic acids is 1. The predicted molar refractivity (Wildman–Crippen MR) is 97.8 cm³/mol. The van der Waals surface area contributed by atoms with Gasteiger partial charge in [-0.25, -0.2) is 4.79 Å². The number of rotatable bonds is 2. The average molecular weight is 333 g/mol. The number of fused-ring (bicyclic) bond motifs is 1. The predicted octanol–water partition coefficient (Wildman–Crippen LogP) is 4.00. The Morgan fingerprint density at radius 1 is 0.960 bits per heavy atom. The van der Waals surface area contributed by atoms with Crippen molar-refractivity contribution in [3.63, 3.8) is 0 Å². The summed E-state index contributed by atoms with van der Waals surface area (Å²) < 4.78 is 5.53. The lowest BCUT2D eigenvalue weighted by Gasteiger charge is -2.17. The van der Waals surface area contributed by atoms with Gasteiger partial charge in [-0.1, -0.05) is 48.0 Å². The fraction of sp³-hybridized carbons (Fsp3) is 0.238. The normalized spacial score (nSPS) is 14.2. The molecule has 1 saturated heterocycles. The Morgan fingerprint density at radius 2 is 1.60 bits per heavy atom. The van der Waals surface area contributed by atoms with Crippen molar-refractivity contribution in [1.82, 2.24) is 4.90 Å². The highest BCUT2D eigenvalue weighted by atomic mass is 16.4. The van der Waals surface area contributed by atoms with Gasteiger partial charge in [0, 0.05) is 24.0 Å². The van der Waals surface area contributed by atoms with Crippen molar-refractivity contribution < 1.29 is 9.21 Å². The lowest BCUT2D eigenvalue weighted by molar-refractivity contribution is 0.0758. The number of carbonyl (C=O) groups is 1. The van der Waals surface area contributed by atoms with Crippen molar-refractivity contribution in [2.75, 3.05) is 13.1 Å². The molecule has 4 heteroatoms. The molecule has 0 aliphatic carbocycles. The van der Waals surface area contributed by atoms with Gasteiger partial charge in [-0.3, -0.25) is 4.79 Å². The lowest BCUT2D eigenvalue weighted by atomic mass is 9.97. The van der Waals surface area contributed by atoms with Crippen molar-refractivity contribution in [2.24, 2.45) is 0 Å². The van der Waals surface area contributed by atoms with Gasteiger partial charge >= 0.3 is 5.63 Å². The van der Waals surface area contributed by atoms with Crippen LogP contribution in [0.15, 0.2) is 57.7 Å². The van der Waals surface area contributed by atoms with Crippen LogP contribution in [-0.2, 0) is 0 Å². The Labute approximate surface area is 145 Å². The molecule has 4 rings (SSSR count). The average Bonchev–Trinajstić information content (AvgIpc) is 3.17. The van der Waals surface area contributed by atoms with Crippen molar-refractivity contribution in [3.8, 4) is 11.1 Å². The molecule has 0 unspecified atom stereocenters. The van der Waals surface area contributed by atoms with Crippen LogP contribution in [0.4, 0.5) is 0 Å². The van der Waals surface area contributed by atoms with Crippen LogP contribution in [0.2, 0.25) is 0 Å². The van der Waals surface area contributed by atoms with E-state index in [9.17, 15) is 9.59 Å². The summed E-state index contributed by atoms with van der Waals surface area (Å²) >= 11 is 0. The Morgan fingerprint density at radius 3 is 2.28 bits per heavy atom. The van der Waals surface area contributed by atoms with Crippen molar-refractivity contribution in [3.05, 3.63) is 70.3 Å². The molecule has 0 bridgehead atoms. The number of nitrogens with zero attached hydrogens (tertiary/aromatic N) is 1. The fourth-order valence-corrected chi connectivity index (χ4v) is 3.42. The number of likely N-dealkylation sites (tertiary alicyclic amines) is 1. The van der Waals surface area contributed by atoms with Gasteiger partial charge in [-0.15, -0.1) is 0 Å². The zero-order chi connectivity index (χ0) is 17.4. The summed E-state index contributed by atoms with van der Waals surface area (Å²) in [5, 5.41) is 1.25. The maximum Gasteiger partial charge on any atom is 0.344 e. The Kier molecular flexibility index (Phi) is 3.88. The van der Waals surface area contributed by atoms with Crippen LogP contribution in [-0.4, -0.2) is 23.9 Å². The van der Waals surface area contributed by atoms with Crippen LogP contribution in [0.3, 0.4) is 0 Å². The van der Waals surface area contributed by atoms with Gasteiger partial charge in [-0.05, 0) is 31.4 Å². The molecule has 1 aliphatic rings. The van der Waals surface area contributed by atoms with Gasteiger partial charge in [0.2, 0.25) is 5.76 Å². The topological polar surface area (TPSA) is 50.5 Å². The SMILES string of the molecule is Cc1ccc(-c2c(C(=O)N3CCCC3)oc(=O)c3ccccc23)cc1. The van der Waals surface area contributed by atoms with Crippen LogP contribution < -0.4 is 5.63 Å². The van der Waals surface area contributed by atoms with E-state index in [0.29, 0.717) is 24.0 Å². The molecule has 3 aromatic rings. The van der Waals surface area contributed by atoms with E-state index in [-0.39, 0.29) is 11.7 Å². The van der Waals surface area contributed by atoms with E-state index in [1.807, 2.05) is 43.3 Å². The third kappa shape index (κ3) is 2.74. The maximum atomic E-state index is 13.0. The molecule has 1 fully saturated rings. The molecule has 126 valence electrons.